The molecule has 0 radical (unpaired) electrons. The van der Waals surface area contributed by atoms with Crippen LogP contribution >= 0.6 is 11.3 Å². The summed E-state index contributed by atoms with van der Waals surface area (Å²) < 4.78 is 5.10. The summed E-state index contributed by atoms with van der Waals surface area (Å²) in [6.45, 7) is 2.06. The molecule has 0 bridgehead atoms. The molecule has 5 heteroatoms. The molecule has 0 saturated heterocycles. The van der Waals surface area contributed by atoms with Gasteiger partial charge >= 0.3 is 5.97 Å². The van der Waals surface area contributed by atoms with Crippen LogP contribution in [-0.4, -0.2) is 16.2 Å². The third kappa shape index (κ3) is 2.64. The molecule has 0 atom stereocenters. The lowest BCUT2D eigenvalue weighted by molar-refractivity contribution is 0.0471. The number of carbonyl (C=O) groups is 1. The van der Waals surface area contributed by atoms with Crippen LogP contribution in [0, 0.1) is 6.92 Å². The topological polar surface area (TPSA) is 52.1 Å². The average molecular weight is 234 g/mol. The van der Waals surface area contributed by atoms with Gasteiger partial charge in [-0.25, -0.2) is 4.79 Å². The average Bonchev–Trinajstić information content (AvgIpc) is 2.74. The number of nitrogens with zero attached hydrogens (tertiary/aromatic N) is 2. The minimum atomic E-state index is -0.422. The molecule has 1 aromatic heterocycles. The number of ether oxygens (including phenoxy) is 1. The van der Waals surface area contributed by atoms with Crippen molar-refractivity contribution in [3.63, 3.8) is 0 Å². The lowest BCUT2D eigenvalue weighted by atomic mass is 10.2. The fourth-order valence-corrected chi connectivity index (χ4v) is 1.75. The summed E-state index contributed by atoms with van der Waals surface area (Å²) in [5, 5.41) is 8.54. The van der Waals surface area contributed by atoms with E-state index in [1.54, 1.807) is 6.92 Å². The van der Waals surface area contributed by atoms with Gasteiger partial charge in [-0.05, 0) is 12.5 Å². The minimum Gasteiger partial charge on any atom is -0.455 e. The molecule has 1 aromatic carbocycles. The lowest BCUT2D eigenvalue weighted by Crippen LogP contribution is -2.04. The molecule has 0 N–H and O–H groups in total. The largest absolute Gasteiger partial charge is 0.455 e. The normalized spacial score (nSPS) is 10.1. The van der Waals surface area contributed by atoms with Crippen LogP contribution in [0.5, 0.6) is 0 Å². The van der Waals surface area contributed by atoms with Crippen molar-refractivity contribution in [3.05, 3.63) is 45.9 Å². The fraction of sp³-hybridized carbons (Fsp3) is 0.182. The molecule has 0 fully saturated rings. The molecule has 1 heterocycles. The summed E-state index contributed by atoms with van der Waals surface area (Å²) in [7, 11) is 0. The first kappa shape index (κ1) is 10.8. The van der Waals surface area contributed by atoms with E-state index in [-0.39, 0.29) is 6.61 Å². The monoisotopic (exact) mass is 234 g/mol. The minimum absolute atomic E-state index is 0.262. The predicted octanol–water partition coefficient (Wildman–Crippen LogP) is 2.20. The molecule has 0 saturated carbocycles. The summed E-state index contributed by atoms with van der Waals surface area (Å²) >= 11 is 1.23. The van der Waals surface area contributed by atoms with Gasteiger partial charge in [0.1, 0.15) is 11.6 Å². The van der Waals surface area contributed by atoms with Gasteiger partial charge in [0.15, 0.2) is 0 Å². The molecular weight excluding hydrogens is 224 g/mol. The zero-order valence-electron chi connectivity index (χ0n) is 8.71. The number of benzene rings is 1. The second-order valence-corrected chi connectivity index (χ2v) is 4.37. The van der Waals surface area contributed by atoms with Crippen molar-refractivity contribution < 1.29 is 9.53 Å². The van der Waals surface area contributed by atoms with Gasteiger partial charge in [0.25, 0.3) is 0 Å². The standard InChI is InChI=1S/C11H10N2O2S/c1-8-12-13-10(16-8)11(14)15-7-9-5-3-2-4-6-9/h2-6H,7H2,1H3. The van der Waals surface area contributed by atoms with Crippen molar-refractivity contribution >= 4 is 17.3 Å². The van der Waals surface area contributed by atoms with Gasteiger partial charge in [0.05, 0.1) is 0 Å². The number of hydrogen-bond donors (Lipinski definition) is 0. The SMILES string of the molecule is Cc1nnc(C(=O)OCc2ccccc2)s1. The van der Waals surface area contributed by atoms with Crippen LogP contribution in [0.2, 0.25) is 0 Å². The van der Waals surface area contributed by atoms with Crippen LogP contribution < -0.4 is 0 Å². The van der Waals surface area contributed by atoms with Gasteiger partial charge in [-0.2, -0.15) is 0 Å². The van der Waals surface area contributed by atoms with Gasteiger partial charge in [-0.3, -0.25) is 0 Å². The molecule has 2 aromatic rings. The lowest BCUT2D eigenvalue weighted by Gasteiger charge is -2.01. The van der Waals surface area contributed by atoms with E-state index in [2.05, 4.69) is 10.2 Å². The molecular formula is C11H10N2O2S. The molecule has 0 spiro atoms. The van der Waals surface area contributed by atoms with E-state index in [1.807, 2.05) is 30.3 Å². The van der Waals surface area contributed by atoms with Crippen LogP contribution in [-0.2, 0) is 11.3 Å². The molecule has 16 heavy (non-hydrogen) atoms. The van der Waals surface area contributed by atoms with E-state index < -0.39 is 5.97 Å². The highest BCUT2D eigenvalue weighted by Crippen LogP contribution is 2.10. The highest BCUT2D eigenvalue weighted by atomic mass is 32.1. The molecule has 2 rings (SSSR count). The van der Waals surface area contributed by atoms with Crippen molar-refractivity contribution in [2.75, 3.05) is 0 Å². The zero-order valence-corrected chi connectivity index (χ0v) is 9.53. The summed E-state index contributed by atoms with van der Waals surface area (Å²) in [5.74, 6) is -0.422. The number of aryl methyl sites for hydroxylation is 1. The maximum atomic E-state index is 11.5. The first-order valence-corrected chi connectivity index (χ1v) is 5.58. The van der Waals surface area contributed by atoms with Crippen molar-refractivity contribution in [2.45, 2.75) is 13.5 Å². The van der Waals surface area contributed by atoms with Gasteiger partial charge < -0.3 is 4.74 Å². The fourth-order valence-electron chi connectivity index (χ4n) is 1.16. The molecule has 0 aliphatic carbocycles. The van der Waals surface area contributed by atoms with Gasteiger partial charge in [-0.1, -0.05) is 41.7 Å². The third-order valence-corrected chi connectivity index (χ3v) is 2.73. The Bertz CT molecular complexity index is 482. The van der Waals surface area contributed by atoms with Crippen LogP contribution in [0.25, 0.3) is 0 Å². The van der Waals surface area contributed by atoms with Crippen LogP contribution in [0.1, 0.15) is 20.4 Å². The third-order valence-electron chi connectivity index (χ3n) is 1.91. The molecule has 0 aliphatic heterocycles. The summed E-state index contributed by atoms with van der Waals surface area (Å²) in [6.07, 6.45) is 0. The van der Waals surface area contributed by atoms with Gasteiger partial charge in [0.2, 0.25) is 5.01 Å². The van der Waals surface area contributed by atoms with E-state index >= 15 is 0 Å². The second-order valence-electron chi connectivity index (χ2n) is 3.19. The number of aromatic nitrogens is 2. The molecule has 82 valence electrons. The highest BCUT2D eigenvalue weighted by Gasteiger charge is 2.12. The van der Waals surface area contributed by atoms with Crippen molar-refractivity contribution in [1.29, 1.82) is 0 Å². The second kappa shape index (κ2) is 4.85. The van der Waals surface area contributed by atoms with Crippen LogP contribution in [0.4, 0.5) is 0 Å². The molecule has 0 unspecified atom stereocenters. The molecule has 0 aliphatic rings. The van der Waals surface area contributed by atoms with E-state index in [9.17, 15) is 4.79 Å². The summed E-state index contributed by atoms with van der Waals surface area (Å²) in [4.78, 5) is 11.5. The van der Waals surface area contributed by atoms with E-state index in [4.69, 9.17) is 4.74 Å². The predicted molar refractivity (Wildman–Crippen MR) is 60.2 cm³/mol. The van der Waals surface area contributed by atoms with Gasteiger partial charge in [0, 0.05) is 0 Å². The Hall–Kier alpha value is -1.75. The van der Waals surface area contributed by atoms with E-state index in [1.165, 1.54) is 11.3 Å². The summed E-state index contributed by atoms with van der Waals surface area (Å²) in [6, 6.07) is 9.52. The Morgan fingerprint density at radius 3 is 2.69 bits per heavy atom. The molecule has 4 nitrogen and oxygen atoms in total. The number of hydrogen-bond acceptors (Lipinski definition) is 5. The highest BCUT2D eigenvalue weighted by molar-refractivity contribution is 7.13. The maximum Gasteiger partial charge on any atom is 0.369 e. The van der Waals surface area contributed by atoms with Crippen LogP contribution in [0.15, 0.2) is 30.3 Å². The smallest absolute Gasteiger partial charge is 0.369 e. The Morgan fingerprint density at radius 2 is 2.06 bits per heavy atom. The number of carbonyl (C=O) groups excluding carboxylic acids is 1. The Morgan fingerprint density at radius 1 is 1.31 bits per heavy atom. The maximum absolute atomic E-state index is 11.5. The quantitative estimate of drug-likeness (QED) is 0.764. The molecule has 0 amide bonds. The Kier molecular flexibility index (Phi) is 3.26. The Balaban J connectivity index is 1.94. The first-order chi connectivity index (χ1) is 7.75. The van der Waals surface area contributed by atoms with Gasteiger partial charge in [-0.15, -0.1) is 10.2 Å². The van der Waals surface area contributed by atoms with Crippen molar-refractivity contribution in [2.24, 2.45) is 0 Å². The number of rotatable bonds is 3. The van der Waals surface area contributed by atoms with E-state index in [0.717, 1.165) is 10.6 Å². The van der Waals surface area contributed by atoms with Crippen LogP contribution in [0.3, 0.4) is 0 Å². The Labute approximate surface area is 96.9 Å². The first-order valence-electron chi connectivity index (χ1n) is 4.77. The van der Waals surface area contributed by atoms with Crippen molar-refractivity contribution in [1.82, 2.24) is 10.2 Å². The summed E-state index contributed by atoms with van der Waals surface area (Å²) in [5.41, 5.74) is 0.956. The van der Waals surface area contributed by atoms with E-state index in [0.29, 0.717) is 5.01 Å². The zero-order chi connectivity index (χ0) is 11.4. The number of esters is 1. The van der Waals surface area contributed by atoms with Crippen molar-refractivity contribution in [3.8, 4) is 0 Å².